The monoisotopic (exact) mass is 306 g/mol. The van der Waals surface area contributed by atoms with Gasteiger partial charge in [0.05, 0.1) is 10.5 Å². The van der Waals surface area contributed by atoms with Crippen molar-refractivity contribution in [1.29, 1.82) is 0 Å². The Hall–Kier alpha value is -1.54. The summed E-state index contributed by atoms with van der Waals surface area (Å²) < 4.78 is 49.1. The summed E-state index contributed by atoms with van der Waals surface area (Å²) in [5.41, 5.74) is -0.683. The van der Waals surface area contributed by atoms with E-state index >= 15 is 0 Å². The number of carbonyl (C=O) groups excluding carboxylic acids is 1. The van der Waals surface area contributed by atoms with Crippen molar-refractivity contribution in [2.75, 3.05) is 6.54 Å². The van der Waals surface area contributed by atoms with E-state index < -0.39 is 38.0 Å². The number of nitrogens with one attached hydrogen (secondary N) is 1. The van der Waals surface area contributed by atoms with Crippen LogP contribution in [0, 0.1) is 17.6 Å². The van der Waals surface area contributed by atoms with Crippen molar-refractivity contribution in [2.24, 2.45) is 11.1 Å². The SMILES string of the molecule is CC(C)CCNC(=O)c1cc(S(N)(=O)=O)cc(F)c1F. The van der Waals surface area contributed by atoms with Crippen LogP contribution in [-0.4, -0.2) is 20.9 Å². The quantitative estimate of drug-likeness (QED) is 0.861. The van der Waals surface area contributed by atoms with Gasteiger partial charge in [-0.2, -0.15) is 0 Å². The summed E-state index contributed by atoms with van der Waals surface area (Å²) in [6, 6.07) is 1.16. The fraction of sp³-hybridized carbons (Fsp3) is 0.417. The van der Waals surface area contributed by atoms with Gasteiger partial charge in [-0.1, -0.05) is 13.8 Å². The number of rotatable bonds is 5. The van der Waals surface area contributed by atoms with Crippen molar-refractivity contribution in [3.63, 3.8) is 0 Å². The molecule has 1 aromatic carbocycles. The first-order valence-corrected chi connectivity index (χ1v) is 7.47. The number of primary sulfonamides is 1. The van der Waals surface area contributed by atoms with Crippen molar-refractivity contribution in [1.82, 2.24) is 5.32 Å². The highest BCUT2D eigenvalue weighted by Crippen LogP contribution is 2.18. The van der Waals surface area contributed by atoms with E-state index in [2.05, 4.69) is 5.32 Å². The zero-order valence-corrected chi connectivity index (χ0v) is 11.9. The molecule has 0 heterocycles. The zero-order valence-electron chi connectivity index (χ0n) is 11.1. The molecule has 0 saturated carbocycles. The molecule has 0 aliphatic carbocycles. The van der Waals surface area contributed by atoms with Crippen LogP contribution in [-0.2, 0) is 10.0 Å². The van der Waals surface area contributed by atoms with Crippen LogP contribution in [0.15, 0.2) is 17.0 Å². The predicted molar refractivity (Wildman–Crippen MR) is 69.5 cm³/mol. The summed E-state index contributed by atoms with van der Waals surface area (Å²) in [5, 5.41) is 7.23. The van der Waals surface area contributed by atoms with Crippen LogP contribution in [0.3, 0.4) is 0 Å². The fourth-order valence-corrected chi connectivity index (χ4v) is 2.01. The van der Waals surface area contributed by atoms with E-state index in [1.165, 1.54) is 0 Å². The van der Waals surface area contributed by atoms with E-state index in [9.17, 15) is 22.0 Å². The highest BCUT2D eigenvalue weighted by Gasteiger charge is 2.20. The van der Waals surface area contributed by atoms with Crippen LogP contribution >= 0.6 is 0 Å². The molecule has 0 bridgehead atoms. The Morgan fingerprint density at radius 3 is 2.45 bits per heavy atom. The molecule has 0 aliphatic rings. The summed E-state index contributed by atoms with van der Waals surface area (Å²) in [6.45, 7) is 4.15. The molecule has 5 nitrogen and oxygen atoms in total. The molecule has 0 unspecified atom stereocenters. The third-order valence-electron chi connectivity index (χ3n) is 2.58. The Labute approximate surface area is 116 Å². The van der Waals surface area contributed by atoms with Crippen LogP contribution < -0.4 is 10.5 Å². The minimum atomic E-state index is -4.22. The Kier molecular flexibility index (Phi) is 5.18. The Morgan fingerprint density at radius 1 is 1.35 bits per heavy atom. The lowest BCUT2D eigenvalue weighted by atomic mass is 10.1. The first-order chi connectivity index (χ1) is 9.12. The van der Waals surface area contributed by atoms with Crippen molar-refractivity contribution in [3.05, 3.63) is 29.3 Å². The van der Waals surface area contributed by atoms with Crippen LogP contribution in [0.25, 0.3) is 0 Å². The van der Waals surface area contributed by atoms with Gasteiger partial charge in [0.25, 0.3) is 5.91 Å². The van der Waals surface area contributed by atoms with E-state index in [1.807, 2.05) is 13.8 Å². The highest BCUT2D eigenvalue weighted by atomic mass is 32.2. The first kappa shape index (κ1) is 16.5. The zero-order chi connectivity index (χ0) is 15.5. The topological polar surface area (TPSA) is 89.3 Å². The Balaban J connectivity index is 3.05. The van der Waals surface area contributed by atoms with Gasteiger partial charge < -0.3 is 5.32 Å². The first-order valence-electron chi connectivity index (χ1n) is 5.93. The summed E-state index contributed by atoms with van der Waals surface area (Å²) in [4.78, 5) is 11.1. The van der Waals surface area contributed by atoms with E-state index in [0.717, 1.165) is 6.07 Å². The molecule has 112 valence electrons. The fourth-order valence-electron chi connectivity index (χ4n) is 1.46. The molecule has 0 atom stereocenters. The predicted octanol–water partition coefficient (Wildman–Crippen LogP) is 1.39. The van der Waals surface area contributed by atoms with Crippen molar-refractivity contribution < 1.29 is 22.0 Å². The van der Waals surface area contributed by atoms with Gasteiger partial charge in [0.1, 0.15) is 0 Å². The Bertz CT molecular complexity index is 615. The second-order valence-corrected chi connectivity index (χ2v) is 6.31. The number of hydrogen-bond acceptors (Lipinski definition) is 3. The molecular formula is C12H16F2N2O3S. The van der Waals surface area contributed by atoms with Crippen molar-refractivity contribution in [3.8, 4) is 0 Å². The molecular weight excluding hydrogens is 290 g/mol. The van der Waals surface area contributed by atoms with Crippen molar-refractivity contribution in [2.45, 2.75) is 25.2 Å². The molecule has 20 heavy (non-hydrogen) atoms. The van der Waals surface area contributed by atoms with E-state index in [1.54, 1.807) is 0 Å². The average molecular weight is 306 g/mol. The van der Waals surface area contributed by atoms with E-state index in [0.29, 0.717) is 18.4 Å². The van der Waals surface area contributed by atoms with Gasteiger partial charge >= 0.3 is 0 Å². The van der Waals surface area contributed by atoms with Crippen molar-refractivity contribution >= 4 is 15.9 Å². The molecule has 0 aliphatic heterocycles. The molecule has 1 rings (SSSR count). The standard InChI is InChI=1S/C12H16F2N2O3S/c1-7(2)3-4-16-12(17)9-5-8(20(15,18)19)6-10(13)11(9)14/h5-7H,3-4H2,1-2H3,(H,16,17)(H2,15,18,19). The van der Waals surface area contributed by atoms with Gasteiger partial charge in [0.2, 0.25) is 10.0 Å². The number of sulfonamides is 1. The molecule has 0 fully saturated rings. The lowest BCUT2D eigenvalue weighted by molar-refractivity contribution is 0.0946. The maximum atomic E-state index is 13.5. The average Bonchev–Trinajstić information content (AvgIpc) is 2.30. The molecule has 0 saturated heterocycles. The van der Waals surface area contributed by atoms with Gasteiger partial charge in [0, 0.05) is 6.54 Å². The summed E-state index contributed by atoms with van der Waals surface area (Å²) >= 11 is 0. The lowest BCUT2D eigenvalue weighted by Crippen LogP contribution is -2.27. The normalized spacial score (nSPS) is 11.7. The molecule has 3 N–H and O–H groups in total. The summed E-state index contributed by atoms with van der Waals surface area (Å²) in [5.74, 6) is -3.40. The number of halogens is 2. The van der Waals surface area contributed by atoms with Gasteiger partial charge in [-0.05, 0) is 24.5 Å². The second-order valence-electron chi connectivity index (χ2n) is 4.75. The van der Waals surface area contributed by atoms with Gasteiger partial charge in [0.15, 0.2) is 11.6 Å². The number of carbonyl (C=O) groups is 1. The minimum absolute atomic E-state index is 0.275. The van der Waals surface area contributed by atoms with Crippen LogP contribution in [0.4, 0.5) is 8.78 Å². The van der Waals surface area contributed by atoms with Gasteiger partial charge in [-0.25, -0.2) is 22.3 Å². The molecule has 1 aromatic rings. The molecule has 1 amide bonds. The summed E-state index contributed by atoms with van der Waals surface area (Å²) in [6.07, 6.45) is 0.657. The Morgan fingerprint density at radius 2 is 1.95 bits per heavy atom. The van der Waals surface area contributed by atoms with Crippen LogP contribution in [0.5, 0.6) is 0 Å². The molecule has 0 spiro atoms. The van der Waals surface area contributed by atoms with Crippen LogP contribution in [0.1, 0.15) is 30.6 Å². The molecule has 0 aromatic heterocycles. The minimum Gasteiger partial charge on any atom is -0.352 e. The third-order valence-corrected chi connectivity index (χ3v) is 3.47. The van der Waals surface area contributed by atoms with E-state index in [-0.39, 0.29) is 6.54 Å². The number of amides is 1. The third kappa shape index (κ3) is 4.24. The lowest BCUT2D eigenvalue weighted by Gasteiger charge is -2.09. The van der Waals surface area contributed by atoms with Gasteiger partial charge in [-0.3, -0.25) is 4.79 Å². The van der Waals surface area contributed by atoms with Crippen LogP contribution in [0.2, 0.25) is 0 Å². The second kappa shape index (κ2) is 6.27. The number of hydrogen-bond donors (Lipinski definition) is 2. The summed E-state index contributed by atoms with van der Waals surface area (Å²) in [7, 11) is -4.22. The molecule has 8 heteroatoms. The maximum absolute atomic E-state index is 13.5. The smallest absolute Gasteiger partial charge is 0.254 e. The number of nitrogens with two attached hydrogens (primary N) is 1. The maximum Gasteiger partial charge on any atom is 0.254 e. The van der Waals surface area contributed by atoms with E-state index in [4.69, 9.17) is 5.14 Å². The largest absolute Gasteiger partial charge is 0.352 e. The molecule has 0 radical (unpaired) electrons. The van der Waals surface area contributed by atoms with Gasteiger partial charge in [-0.15, -0.1) is 0 Å². The highest BCUT2D eigenvalue weighted by molar-refractivity contribution is 7.89. The number of benzene rings is 1.